The van der Waals surface area contributed by atoms with Crippen LogP contribution in [-0.2, 0) is 14.3 Å². The summed E-state index contributed by atoms with van der Waals surface area (Å²) in [6, 6.07) is -0.718. The van der Waals surface area contributed by atoms with Crippen molar-refractivity contribution in [2.75, 3.05) is 13.2 Å². The Morgan fingerprint density at radius 1 is 0.636 bits per heavy atom. The summed E-state index contributed by atoms with van der Waals surface area (Å²) in [6.07, 6.45) is 40.0. The third kappa shape index (κ3) is 27.2. The Morgan fingerprint density at radius 2 is 1.13 bits per heavy atom. The third-order valence-corrected chi connectivity index (χ3v) is 10.1. The molecule has 0 aliphatic carbocycles. The Bertz CT molecular complexity index is 1040. The van der Waals surface area contributed by atoms with E-state index in [0.717, 1.165) is 83.5 Å². The van der Waals surface area contributed by atoms with E-state index >= 15 is 0 Å². The normalized spacial score (nSPS) is 21.9. The molecule has 0 saturated carbocycles. The second kappa shape index (κ2) is 36.2. The predicted octanol–water partition coefficient (Wildman–Crippen LogP) is 8.83. The Balaban J connectivity index is 2.14. The zero-order chi connectivity index (χ0) is 40.2. The van der Waals surface area contributed by atoms with Crippen molar-refractivity contribution in [3.63, 3.8) is 0 Å². The van der Waals surface area contributed by atoms with Crippen LogP contribution in [0.2, 0.25) is 0 Å². The lowest BCUT2D eigenvalue weighted by atomic mass is 9.99. The minimum atomic E-state index is -1.55. The second-order valence-electron chi connectivity index (χ2n) is 15.1. The van der Waals surface area contributed by atoms with Gasteiger partial charge in [0.2, 0.25) is 5.91 Å². The number of nitrogens with one attached hydrogen (secondary N) is 1. The molecule has 1 heterocycles. The highest BCUT2D eigenvalue weighted by atomic mass is 16.7. The van der Waals surface area contributed by atoms with Crippen LogP contribution in [0.4, 0.5) is 0 Å². The predicted molar refractivity (Wildman–Crippen MR) is 226 cm³/mol. The molecule has 55 heavy (non-hydrogen) atoms. The van der Waals surface area contributed by atoms with Crippen LogP contribution < -0.4 is 5.32 Å². The van der Waals surface area contributed by atoms with Crippen LogP contribution in [0.5, 0.6) is 0 Å². The Morgan fingerprint density at radius 3 is 1.67 bits per heavy atom. The summed E-state index contributed by atoms with van der Waals surface area (Å²) in [7, 11) is 0. The fourth-order valence-electron chi connectivity index (χ4n) is 6.60. The van der Waals surface area contributed by atoms with E-state index in [4.69, 9.17) is 9.47 Å². The van der Waals surface area contributed by atoms with E-state index in [0.29, 0.717) is 12.8 Å². The van der Waals surface area contributed by atoms with Crippen molar-refractivity contribution >= 4 is 5.91 Å². The number of unbranched alkanes of at least 4 members (excludes halogenated alkanes) is 15. The minimum Gasteiger partial charge on any atom is -0.394 e. The molecule has 0 bridgehead atoms. The number of aliphatic hydroxyl groups is 5. The van der Waals surface area contributed by atoms with Crippen LogP contribution >= 0.6 is 0 Å². The molecule has 0 radical (unpaired) electrons. The number of rotatable bonds is 35. The van der Waals surface area contributed by atoms with Crippen LogP contribution in [0.15, 0.2) is 60.8 Å². The van der Waals surface area contributed by atoms with Gasteiger partial charge in [0.15, 0.2) is 6.29 Å². The topological polar surface area (TPSA) is 149 Å². The van der Waals surface area contributed by atoms with Crippen LogP contribution in [0.3, 0.4) is 0 Å². The summed E-state index contributed by atoms with van der Waals surface area (Å²) in [5.41, 5.74) is 0. The molecule has 1 rings (SSSR count). The first-order valence-corrected chi connectivity index (χ1v) is 22.0. The summed E-state index contributed by atoms with van der Waals surface area (Å²) in [4.78, 5) is 12.8. The molecule has 7 unspecified atom stereocenters. The number of carbonyl (C=O) groups is 1. The van der Waals surface area contributed by atoms with Gasteiger partial charge >= 0.3 is 0 Å². The molecule has 1 aliphatic heterocycles. The fourth-order valence-corrected chi connectivity index (χ4v) is 6.60. The van der Waals surface area contributed by atoms with Gasteiger partial charge in [-0.1, -0.05) is 164 Å². The number of allylic oxidation sites excluding steroid dienone is 10. The van der Waals surface area contributed by atoms with Gasteiger partial charge in [-0.3, -0.25) is 4.79 Å². The molecule has 0 aromatic heterocycles. The summed E-state index contributed by atoms with van der Waals surface area (Å²) in [5, 5.41) is 53.8. The van der Waals surface area contributed by atoms with Crippen LogP contribution in [0, 0.1) is 0 Å². The molecule has 0 aromatic carbocycles. The lowest BCUT2D eigenvalue weighted by Gasteiger charge is -2.40. The van der Waals surface area contributed by atoms with Crippen molar-refractivity contribution in [2.24, 2.45) is 0 Å². The summed E-state index contributed by atoms with van der Waals surface area (Å²) < 4.78 is 11.1. The number of aliphatic hydroxyl groups excluding tert-OH is 5. The average molecular weight is 776 g/mol. The van der Waals surface area contributed by atoms with E-state index in [9.17, 15) is 30.3 Å². The lowest BCUT2D eigenvalue weighted by Crippen LogP contribution is -2.60. The standard InChI is InChI=1S/C46H81NO8/c1-3-5-7-9-10-11-12-13-14-15-16-17-18-19-20-21-22-23-24-25-26-27-28-29-30-32-34-36-42(50)47-39(40(49)35-33-31-8-6-4-2)38-54-46-45(53)44(52)43(51)41(37-48)55-46/h5,7,10-11,13-14,16-17,19-20,39-41,43-46,48-49,51-53H,3-4,6,8-9,12,15,18,21-38H2,1-2H3,(H,47,50)/b7-5-,11-10-,14-13-,17-16-,20-19-. The van der Waals surface area contributed by atoms with Crippen LogP contribution in [0.25, 0.3) is 0 Å². The molecular formula is C46H81NO8. The van der Waals surface area contributed by atoms with Crippen molar-refractivity contribution in [3.8, 4) is 0 Å². The number of amides is 1. The van der Waals surface area contributed by atoms with E-state index in [2.05, 4.69) is 79.9 Å². The van der Waals surface area contributed by atoms with E-state index in [1.807, 2.05) is 0 Å². The number of carbonyl (C=O) groups excluding carboxylic acids is 1. The van der Waals surface area contributed by atoms with Crippen molar-refractivity contribution in [1.82, 2.24) is 5.32 Å². The average Bonchev–Trinajstić information content (AvgIpc) is 3.18. The van der Waals surface area contributed by atoms with Crippen molar-refractivity contribution < 1.29 is 39.8 Å². The zero-order valence-corrected chi connectivity index (χ0v) is 34.7. The van der Waals surface area contributed by atoms with E-state index in [-0.39, 0.29) is 12.5 Å². The van der Waals surface area contributed by atoms with Crippen LogP contribution in [-0.4, -0.2) is 87.5 Å². The fraction of sp³-hybridized carbons (Fsp3) is 0.761. The number of hydrogen-bond donors (Lipinski definition) is 6. The van der Waals surface area contributed by atoms with E-state index < -0.39 is 49.5 Å². The Kier molecular flexibility index (Phi) is 33.5. The molecule has 6 N–H and O–H groups in total. The van der Waals surface area contributed by atoms with Gasteiger partial charge in [0.05, 0.1) is 25.4 Å². The maximum absolute atomic E-state index is 12.8. The molecule has 9 heteroatoms. The molecular weight excluding hydrogens is 695 g/mol. The van der Waals surface area contributed by atoms with Gasteiger partial charge in [-0.25, -0.2) is 0 Å². The van der Waals surface area contributed by atoms with Gasteiger partial charge in [0, 0.05) is 6.42 Å². The SMILES string of the molecule is CC/C=C\C/C=C\C/C=C\C/C=C\C/C=C\CCCCCCCCCCCCCC(=O)NC(COC1OC(CO)C(O)C(O)C1O)C(O)CCCCCCC. The molecule has 1 saturated heterocycles. The molecule has 7 atom stereocenters. The van der Waals surface area contributed by atoms with Gasteiger partial charge in [-0.2, -0.15) is 0 Å². The highest BCUT2D eigenvalue weighted by Crippen LogP contribution is 2.23. The van der Waals surface area contributed by atoms with Gasteiger partial charge in [0.25, 0.3) is 0 Å². The Hall–Kier alpha value is -2.11. The number of ether oxygens (including phenoxy) is 2. The smallest absolute Gasteiger partial charge is 0.220 e. The Labute approximate surface area is 335 Å². The molecule has 0 aromatic rings. The third-order valence-electron chi connectivity index (χ3n) is 10.1. The van der Waals surface area contributed by atoms with Crippen LogP contribution in [0.1, 0.15) is 168 Å². The quantitative estimate of drug-likeness (QED) is 0.0277. The van der Waals surface area contributed by atoms with E-state index in [1.54, 1.807) is 0 Å². The first kappa shape index (κ1) is 50.9. The molecule has 1 fully saturated rings. The van der Waals surface area contributed by atoms with Gasteiger partial charge in [-0.05, 0) is 57.8 Å². The molecule has 1 amide bonds. The summed E-state index contributed by atoms with van der Waals surface area (Å²) in [6.45, 7) is 3.61. The van der Waals surface area contributed by atoms with E-state index in [1.165, 1.54) is 57.8 Å². The first-order chi connectivity index (χ1) is 26.8. The van der Waals surface area contributed by atoms with Gasteiger partial charge in [0.1, 0.15) is 24.4 Å². The highest BCUT2D eigenvalue weighted by Gasteiger charge is 2.44. The second-order valence-corrected chi connectivity index (χ2v) is 15.1. The maximum Gasteiger partial charge on any atom is 0.220 e. The van der Waals surface area contributed by atoms with Crippen molar-refractivity contribution in [2.45, 2.75) is 211 Å². The maximum atomic E-state index is 12.8. The largest absolute Gasteiger partial charge is 0.394 e. The highest BCUT2D eigenvalue weighted by molar-refractivity contribution is 5.76. The lowest BCUT2D eigenvalue weighted by molar-refractivity contribution is -0.302. The molecule has 0 spiro atoms. The summed E-state index contributed by atoms with van der Waals surface area (Å²) in [5.74, 6) is -0.159. The first-order valence-electron chi connectivity index (χ1n) is 22.0. The molecule has 1 aliphatic rings. The summed E-state index contributed by atoms with van der Waals surface area (Å²) >= 11 is 0. The minimum absolute atomic E-state index is 0.144. The van der Waals surface area contributed by atoms with Gasteiger partial charge in [-0.15, -0.1) is 0 Å². The molecule has 9 nitrogen and oxygen atoms in total. The monoisotopic (exact) mass is 776 g/mol. The van der Waals surface area contributed by atoms with Crippen molar-refractivity contribution in [3.05, 3.63) is 60.8 Å². The molecule has 318 valence electrons. The van der Waals surface area contributed by atoms with Crippen molar-refractivity contribution in [1.29, 1.82) is 0 Å². The van der Waals surface area contributed by atoms with Gasteiger partial charge < -0.3 is 40.3 Å². The zero-order valence-electron chi connectivity index (χ0n) is 34.7. The number of hydrogen-bond acceptors (Lipinski definition) is 8.